The fourth-order valence-corrected chi connectivity index (χ4v) is 6.47. The molecule has 242 valence electrons. The Balaban J connectivity index is 1.21. The molecule has 4 aromatic rings. The monoisotopic (exact) mass is 634 g/mol. The number of para-hydroxylation sites is 1. The molecular weight excluding hydrogens is 596 g/mol. The van der Waals surface area contributed by atoms with Gasteiger partial charge in [0, 0.05) is 42.8 Å². The number of nitrogens with one attached hydrogen (secondary N) is 3. The average molecular weight is 635 g/mol. The first-order chi connectivity index (χ1) is 22.9. The smallest absolute Gasteiger partial charge is 0.289 e. The summed E-state index contributed by atoms with van der Waals surface area (Å²) in [4.78, 5) is 71.7. The highest BCUT2D eigenvalue weighted by Gasteiger charge is 2.43. The number of H-pyrrole nitrogens is 1. The summed E-state index contributed by atoms with van der Waals surface area (Å²) >= 11 is 0. The molecular formula is C37H38N4O6. The van der Waals surface area contributed by atoms with Gasteiger partial charge in [0.15, 0.2) is 0 Å². The lowest BCUT2D eigenvalue weighted by molar-refractivity contribution is -0.141. The van der Waals surface area contributed by atoms with Gasteiger partial charge in [0.1, 0.15) is 17.5 Å². The molecule has 4 atom stereocenters. The molecule has 3 aromatic carbocycles. The van der Waals surface area contributed by atoms with Crippen LogP contribution in [0.3, 0.4) is 0 Å². The molecule has 0 bridgehead atoms. The topological polar surface area (TPSA) is 138 Å². The van der Waals surface area contributed by atoms with E-state index in [4.69, 9.17) is 4.74 Å². The zero-order valence-electron chi connectivity index (χ0n) is 26.0. The van der Waals surface area contributed by atoms with Crippen molar-refractivity contribution in [3.8, 4) is 0 Å². The Labute approximate surface area is 272 Å². The number of likely N-dealkylation sites (tertiary alicyclic amines) is 1. The Bertz CT molecular complexity index is 1720. The number of carbonyl (C=O) groups excluding carboxylic acids is 5. The Kier molecular flexibility index (Phi) is 9.87. The second kappa shape index (κ2) is 14.6. The van der Waals surface area contributed by atoms with Crippen LogP contribution < -0.4 is 10.6 Å². The number of amides is 3. The van der Waals surface area contributed by atoms with Crippen LogP contribution in [0, 0.1) is 5.92 Å². The number of aromatic nitrogens is 1. The molecule has 0 radical (unpaired) electrons. The minimum atomic E-state index is -1.22. The van der Waals surface area contributed by atoms with Crippen molar-refractivity contribution < 1.29 is 28.7 Å². The van der Waals surface area contributed by atoms with Gasteiger partial charge in [0.25, 0.3) is 11.8 Å². The predicted molar refractivity (Wildman–Crippen MR) is 175 cm³/mol. The van der Waals surface area contributed by atoms with E-state index in [-0.39, 0.29) is 37.6 Å². The highest BCUT2D eigenvalue weighted by atomic mass is 16.5. The summed E-state index contributed by atoms with van der Waals surface area (Å²) in [7, 11) is 0. The van der Waals surface area contributed by atoms with Gasteiger partial charge in [0.2, 0.25) is 11.7 Å². The second-order valence-electron chi connectivity index (χ2n) is 12.3. The van der Waals surface area contributed by atoms with E-state index in [0.717, 1.165) is 22.0 Å². The first-order valence-electron chi connectivity index (χ1n) is 16.1. The maximum absolute atomic E-state index is 14.0. The second-order valence-corrected chi connectivity index (χ2v) is 12.3. The molecule has 1 unspecified atom stereocenters. The zero-order valence-corrected chi connectivity index (χ0v) is 26.0. The summed E-state index contributed by atoms with van der Waals surface area (Å²) in [5.74, 6) is -3.02. The van der Waals surface area contributed by atoms with Crippen LogP contribution in [-0.4, -0.2) is 63.9 Å². The van der Waals surface area contributed by atoms with Crippen LogP contribution in [-0.2, 0) is 37.1 Å². The van der Waals surface area contributed by atoms with Crippen molar-refractivity contribution in [3.05, 3.63) is 108 Å². The van der Waals surface area contributed by atoms with Crippen LogP contribution in [0.5, 0.6) is 0 Å². The summed E-state index contributed by atoms with van der Waals surface area (Å²) in [6.45, 7) is 0.613. The molecule has 0 spiro atoms. The fourth-order valence-electron chi connectivity index (χ4n) is 6.47. The third kappa shape index (κ3) is 7.66. The maximum Gasteiger partial charge on any atom is 0.289 e. The molecule has 10 nitrogen and oxygen atoms in total. The molecule has 1 aliphatic heterocycles. The fraction of sp³-hybridized carbons (Fsp3) is 0.324. The van der Waals surface area contributed by atoms with E-state index in [1.807, 2.05) is 84.9 Å². The lowest BCUT2D eigenvalue weighted by Gasteiger charge is -2.26. The molecule has 1 aliphatic carbocycles. The lowest BCUT2D eigenvalue weighted by atomic mass is 9.94. The van der Waals surface area contributed by atoms with Crippen molar-refractivity contribution in [1.29, 1.82) is 0 Å². The Morgan fingerprint density at radius 2 is 1.62 bits per heavy atom. The van der Waals surface area contributed by atoms with Crippen LogP contribution in [0.4, 0.5) is 0 Å². The van der Waals surface area contributed by atoms with E-state index < -0.39 is 41.7 Å². The molecule has 3 N–H and O–H groups in total. The SMILES string of the molecule is O=C(NCc1ccccc1)C(=O)C(C[C@@H]1CCCC1=O)NC(=O)[C@@H]1C[C@@H](OCc2ccccc2)CN1C(=O)c1cc2ccccc2[nH]1. The van der Waals surface area contributed by atoms with Crippen molar-refractivity contribution in [2.75, 3.05) is 6.54 Å². The Morgan fingerprint density at radius 1 is 0.915 bits per heavy atom. The molecule has 10 heteroatoms. The maximum atomic E-state index is 14.0. The van der Waals surface area contributed by atoms with Gasteiger partial charge >= 0.3 is 0 Å². The van der Waals surface area contributed by atoms with E-state index in [1.54, 1.807) is 6.07 Å². The number of ether oxygens (including phenoxy) is 1. The highest BCUT2D eigenvalue weighted by molar-refractivity contribution is 6.38. The summed E-state index contributed by atoms with van der Waals surface area (Å²) in [5, 5.41) is 6.29. The minimum Gasteiger partial charge on any atom is -0.372 e. The predicted octanol–water partition coefficient (Wildman–Crippen LogP) is 4.10. The normalized spacial score (nSPS) is 19.9. The molecule has 1 saturated carbocycles. The zero-order chi connectivity index (χ0) is 32.8. The van der Waals surface area contributed by atoms with E-state index in [1.165, 1.54) is 4.90 Å². The molecule has 2 heterocycles. The van der Waals surface area contributed by atoms with Gasteiger partial charge in [-0.15, -0.1) is 0 Å². The number of benzene rings is 3. The summed E-state index contributed by atoms with van der Waals surface area (Å²) < 4.78 is 6.17. The van der Waals surface area contributed by atoms with Crippen molar-refractivity contribution >= 4 is 40.2 Å². The van der Waals surface area contributed by atoms with Crippen LogP contribution in [0.25, 0.3) is 10.9 Å². The molecule has 1 saturated heterocycles. The van der Waals surface area contributed by atoms with Crippen molar-refractivity contribution in [3.63, 3.8) is 0 Å². The van der Waals surface area contributed by atoms with Gasteiger partial charge in [-0.25, -0.2) is 0 Å². The summed E-state index contributed by atoms with van der Waals surface area (Å²) in [6.07, 6.45) is 1.49. The first-order valence-corrected chi connectivity index (χ1v) is 16.1. The molecule has 47 heavy (non-hydrogen) atoms. The van der Waals surface area contributed by atoms with Crippen LogP contribution in [0.1, 0.15) is 53.7 Å². The van der Waals surface area contributed by atoms with E-state index in [0.29, 0.717) is 31.6 Å². The summed E-state index contributed by atoms with van der Waals surface area (Å²) in [5.41, 5.74) is 2.90. The third-order valence-corrected chi connectivity index (χ3v) is 9.02. The standard InChI is InChI=1S/C37H38N4O6/c42-33-17-9-15-27(33)19-30(34(43)36(45)38-21-24-10-3-1-4-11-24)40-35(44)32-20-28(47-23-25-12-5-2-6-13-25)22-41(32)37(46)31-18-26-14-7-8-16-29(26)39-31/h1-8,10-14,16,18,27-28,30,32,39H,9,15,17,19-23H2,(H,38,45)(H,40,44)/t27-,28+,30?,32-/m0/s1. The number of hydrogen-bond donors (Lipinski definition) is 3. The van der Waals surface area contributed by atoms with Gasteiger partial charge in [-0.05, 0) is 42.5 Å². The van der Waals surface area contributed by atoms with Gasteiger partial charge in [-0.1, -0.05) is 78.9 Å². The van der Waals surface area contributed by atoms with Gasteiger partial charge in [-0.2, -0.15) is 0 Å². The number of nitrogens with zero attached hydrogens (tertiary/aromatic N) is 1. The number of Topliss-reactive ketones (excluding diaryl/α,β-unsaturated/α-hetero) is 2. The largest absolute Gasteiger partial charge is 0.372 e. The molecule has 2 fully saturated rings. The van der Waals surface area contributed by atoms with Gasteiger partial charge in [-0.3, -0.25) is 24.0 Å². The number of hydrogen-bond acceptors (Lipinski definition) is 6. The van der Waals surface area contributed by atoms with Crippen molar-refractivity contribution in [2.45, 2.75) is 63.4 Å². The van der Waals surface area contributed by atoms with Gasteiger partial charge in [0.05, 0.1) is 18.8 Å². The average Bonchev–Trinajstić information content (AvgIpc) is 3.84. The van der Waals surface area contributed by atoms with E-state index >= 15 is 0 Å². The minimum absolute atomic E-state index is 0.0209. The quantitative estimate of drug-likeness (QED) is 0.201. The van der Waals surface area contributed by atoms with E-state index in [9.17, 15) is 24.0 Å². The van der Waals surface area contributed by atoms with Crippen LogP contribution >= 0.6 is 0 Å². The van der Waals surface area contributed by atoms with Crippen LogP contribution in [0.15, 0.2) is 91.0 Å². The molecule has 3 amide bonds. The number of rotatable bonds is 12. The number of ketones is 2. The summed E-state index contributed by atoms with van der Waals surface area (Å²) in [6, 6.07) is 25.9. The number of fused-ring (bicyclic) bond motifs is 1. The van der Waals surface area contributed by atoms with Crippen LogP contribution in [0.2, 0.25) is 0 Å². The van der Waals surface area contributed by atoms with Crippen molar-refractivity contribution in [2.24, 2.45) is 5.92 Å². The lowest BCUT2D eigenvalue weighted by Crippen LogP contribution is -2.54. The van der Waals surface area contributed by atoms with Gasteiger partial charge < -0.3 is 25.3 Å². The number of carbonyl (C=O) groups is 5. The highest BCUT2D eigenvalue weighted by Crippen LogP contribution is 2.28. The Hall–Kier alpha value is -5.09. The number of aromatic amines is 1. The molecule has 1 aromatic heterocycles. The van der Waals surface area contributed by atoms with Crippen molar-refractivity contribution in [1.82, 2.24) is 20.5 Å². The Morgan fingerprint density at radius 3 is 2.32 bits per heavy atom. The first kappa shape index (κ1) is 31.9. The molecule has 6 rings (SSSR count). The third-order valence-electron chi connectivity index (χ3n) is 9.02. The van der Waals surface area contributed by atoms with E-state index in [2.05, 4.69) is 15.6 Å². The molecule has 2 aliphatic rings.